The van der Waals surface area contributed by atoms with Crippen LogP contribution in [-0.2, 0) is 0 Å². The van der Waals surface area contributed by atoms with Crippen LogP contribution >= 0.6 is 46.4 Å². The van der Waals surface area contributed by atoms with Crippen molar-refractivity contribution < 1.29 is 0 Å². The number of anilines is 2. The summed E-state index contributed by atoms with van der Waals surface area (Å²) in [6.45, 7) is 3.80. The van der Waals surface area contributed by atoms with Crippen LogP contribution in [0.25, 0.3) is 0 Å². The molecule has 1 aromatic heterocycles. The van der Waals surface area contributed by atoms with Gasteiger partial charge in [-0.2, -0.15) is 5.10 Å². The summed E-state index contributed by atoms with van der Waals surface area (Å²) < 4.78 is 0.976. The maximum Gasteiger partial charge on any atom is 0.163 e. The van der Waals surface area contributed by atoms with Crippen LogP contribution in [0, 0.1) is 17.4 Å². The normalized spacial score (nSPS) is 10.4. The Bertz CT molecular complexity index is 690. The Morgan fingerprint density at radius 3 is 2.65 bits per heavy atom. The van der Waals surface area contributed by atoms with E-state index in [1.165, 1.54) is 0 Å². The lowest BCUT2D eigenvalue weighted by molar-refractivity contribution is 0.963. The first-order chi connectivity index (χ1) is 9.40. The zero-order chi connectivity index (χ0) is 14.9. The van der Waals surface area contributed by atoms with E-state index in [0.717, 1.165) is 26.1 Å². The van der Waals surface area contributed by atoms with Gasteiger partial charge in [0.2, 0.25) is 0 Å². The lowest BCUT2D eigenvalue weighted by atomic mass is 10.1. The Morgan fingerprint density at radius 1 is 1.35 bits per heavy atom. The maximum atomic E-state index is 5.95. The Labute approximate surface area is 141 Å². The molecule has 0 aliphatic rings. The van der Waals surface area contributed by atoms with Gasteiger partial charge < -0.3 is 11.1 Å². The molecular formula is C13H12ClIN4S. The summed E-state index contributed by atoms with van der Waals surface area (Å²) in [6, 6.07) is 5.55. The molecule has 1 aromatic carbocycles. The first-order valence-corrected chi connectivity index (χ1v) is 7.62. The van der Waals surface area contributed by atoms with Gasteiger partial charge in [0.25, 0.3) is 0 Å². The summed E-state index contributed by atoms with van der Waals surface area (Å²) in [5, 5.41) is 12.2. The number of aryl methyl sites for hydroxylation is 1. The van der Waals surface area contributed by atoms with Gasteiger partial charge in [-0.3, -0.25) is 0 Å². The van der Waals surface area contributed by atoms with E-state index in [1.54, 1.807) is 6.07 Å². The van der Waals surface area contributed by atoms with Gasteiger partial charge in [-0.15, -0.1) is 5.10 Å². The van der Waals surface area contributed by atoms with Crippen LogP contribution in [0.5, 0.6) is 0 Å². The third-order valence-electron chi connectivity index (χ3n) is 2.89. The van der Waals surface area contributed by atoms with Crippen molar-refractivity contribution in [3.63, 3.8) is 0 Å². The van der Waals surface area contributed by atoms with Crippen molar-refractivity contribution in [2.45, 2.75) is 13.8 Å². The summed E-state index contributed by atoms with van der Waals surface area (Å²) in [4.78, 5) is 0.298. The number of thiocarbonyl (C=S) groups is 1. The van der Waals surface area contributed by atoms with Crippen LogP contribution in [0.2, 0.25) is 5.02 Å². The first kappa shape index (κ1) is 15.4. The van der Waals surface area contributed by atoms with Crippen LogP contribution in [-0.4, -0.2) is 15.2 Å². The highest BCUT2D eigenvalue weighted by Gasteiger charge is 2.14. The van der Waals surface area contributed by atoms with Crippen LogP contribution in [0.4, 0.5) is 11.5 Å². The molecule has 0 amide bonds. The lowest BCUT2D eigenvalue weighted by Crippen LogP contribution is -2.17. The van der Waals surface area contributed by atoms with Gasteiger partial charge in [0.15, 0.2) is 5.82 Å². The molecule has 2 rings (SSSR count). The molecule has 0 bridgehead atoms. The van der Waals surface area contributed by atoms with Gasteiger partial charge in [0.1, 0.15) is 4.99 Å². The third-order valence-corrected chi connectivity index (χ3v) is 4.22. The topological polar surface area (TPSA) is 63.8 Å². The fourth-order valence-corrected chi connectivity index (χ4v) is 2.97. The number of aromatic nitrogens is 2. The van der Waals surface area contributed by atoms with Gasteiger partial charge in [-0.25, -0.2) is 0 Å². The zero-order valence-electron chi connectivity index (χ0n) is 10.9. The van der Waals surface area contributed by atoms with Crippen molar-refractivity contribution in [3.8, 4) is 0 Å². The van der Waals surface area contributed by atoms with E-state index in [-0.39, 0.29) is 0 Å². The standard InChI is InChI=1S/C13H12ClIN4S/c1-6-7(2)18-19-13(11(6)12(16)20)17-10-4-3-8(14)5-9(10)15/h3-5H,1-2H3,(H2,16,20)(H,17,19). The van der Waals surface area contributed by atoms with Gasteiger partial charge in [0, 0.05) is 8.59 Å². The van der Waals surface area contributed by atoms with E-state index < -0.39 is 0 Å². The summed E-state index contributed by atoms with van der Waals surface area (Å²) in [5.74, 6) is 0.556. The highest BCUT2D eigenvalue weighted by atomic mass is 127. The molecule has 7 heteroatoms. The fourth-order valence-electron chi connectivity index (χ4n) is 1.72. The van der Waals surface area contributed by atoms with E-state index in [1.807, 2.05) is 26.0 Å². The number of hydrogen-bond acceptors (Lipinski definition) is 4. The summed E-state index contributed by atoms with van der Waals surface area (Å²) >= 11 is 13.3. The second-order valence-electron chi connectivity index (χ2n) is 4.25. The molecule has 0 spiro atoms. The lowest BCUT2D eigenvalue weighted by Gasteiger charge is -2.14. The maximum absolute atomic E-state index is 5.95. The van der Waals surface area contributed by atoms with Crippen molar-refractivity contribution in [2.24, 2.45) is 5.73 Å². The SMILES string of the molecule is Cc1nnc(Nc2ccc(Cl)cc2I)c(C(N)=S)c1C. The van der Waals surface area contributed by atoms with Crippen LogP contribution < -0.4 is 11.1 Å². The molecule has 0 aliphatic carbocycles. The predicted octanol–water partition coefficient (Wildman–Crippen LogP) is 3.73. The Hall–Kier alpha value is -0.990. The van der Waals surface area contributed by atoms with Crippen LogP contribution in [0.3, 0.4) is 0 Å². The smallest absolute Gasteiger partial charge is 0.163 e. The van der Waals surface area contributed by atoms with Crippen LogP contribution in [0.15, 0.2) is 18.2 Å². The van der Waals surface area contributed by atoms with E-state index in [2.05, 4.69) is 38.1 Å². The monoisotopic (exact) mass is 418 g/mol. The second kappa shape index (κ2) is 6.19. The van der Waals surface area contributed by atoms with Gasteiger partial charge in [-0.05, 0) is 60.2 Å². The summed E-state index contributed by atoms with van der Waals surface area (Å²) in [5.41, 5.74) is 9.14. The Balaban J connectivity index is 2.48. The molecule has 104 valence electrons. The average Bonchev–Trinajstić information content (AvgIpc) is 2.36. The van der Waals surface area contributed by atoms with E-state index >= 15 is 0 Å². The molecule has 0 unspecified atom stereocenters. The van der Waals surface area contributed by atoms with E-state index in [9.17, 15) is 0 Å². The average molecular weight is 419 g/mol. The number of nitrogens with two attached hydrogens (primary N) is 1. The fraction of sp³-hybridized carbons (Fsp3) is 0.154. The molecule has 3 N–H and O–H groups in total. The summed E-state index contributed by atoms with van der Waals surface area (Å²) in [7, 11) is 0. The van der Waals surface area contributed by atoms with E-state index in [0.29, 0.717) is 15.8 Å². The number of rotatable bonds is 3. The highest BCUT2D eigenvalue weighted by molar-refractivity contribution is 14.1. The molecular weight excluding hydrogens is 407 g/mol. The minimum absolute atomic E-state index is 0.298. The Morgan fingerprint density at radius 2 is 2.05 bits per heavy atom. The molecule has 0 fully saturated rings. The largest absolute Gasteiger partial charge is 0.389 e. The van der Waals surface area contributed by atoms with Crippen LogP contribution in [0.1, 0.15) is 16.8 Å². The minimum atomic E-state index is 0.298. The van der Waals surface area contributed by atoms with Crippen molar-refractivity contribution >= 4 is 62.9 Å². The molecule has 0 saturated carbocycles. The van der Waals surface area contributed by atoms with Crippen molar-refractivity contribution in [1.29, 1.82) is 0 Å². The number of nitrogens with one attached hydrogen (secondary N) is 1. The van der Waals surface area contributed by atoms with Crippen molar-refractivity contribution in [3.05, 3.63) is 43.6 Å². The van der Waals surface area contributed by atoms with Gasteiger partial charge in [0.05, 0.1) is 16.9 Å². The van der Waals surface area contributed by atoms with E-state index in [4.69, 9.17) is 29.6 Å². The molecule has 0 saturated heterocycles. The van der Waals surface area contributed by atoms with Crippen molar-refractivity contribution in [2.75, 3.05) is 5.32 Å². The molecule has 2 aromatic rings. The second-order valence-corrected chi connectivity index (χ2v) is 6.29. The van der Waals surface area contributed by atoms with Gasteiger partial charge in [-0.1, -0.05) is 23.8 Å². The predicted molar refractivity (Wildman–Crippen MR) is 94.8 cm³/mol. The number of hydrogen-bond donors (Lipinski definition) is 2. The molecule has 0 radical (unpaired) electrons. The Kier molecular flexibility index (Phi) is 4.77. The molecule has 0 aliphatic heterocycles. The third kappa shape index (κ3) is 3.18. The van der Waals surface area contributed by atoms with Crippen molar-refractivity contribution in [1.82, 2.24) is 10.2 Å². The first-order valence-electron chi connectivity index (χ1n) is 5.76. The summed E-state index contributed by atoms with van der Waals surface area (Å²) in [6.07, 6.45) is 0. The van der Waals surface area contributed by atoms with Gasteiger partial charge >= 0.3 is 0 Å². The molecule has 20 heavy (non-hydrogen) atoms. The zero-order valence-corrected chi connectivity index (χ0v) is 14.6. The quantitative estimate of drug-likeness (QED) is 0.587. The number of benzene rings is 1. The minimum Gasteiger partial charge on any atom is -0.389 e. The molecule has 1 heterocycles. The molecule has 0 atom stereocenters. The number of halogens is 2. The number of nitrogens with zero attached hydrogens (tertiary/aromatic N) is 2. The molecule has 4 nitrogen and oxygen atoms in total. The highest BCUT2D eigenvalue weighted by Crippen LogP contribution is 2.27.